The fourth-order valence-corrected chi connectivity index (χ4v) is 4.24. The summed E-state index contributed by atoms with van der Waals surface area (Å²) in [6, 6.07) is 21.0. The van der Waals surface area contributed by atoms with Crippen molar-refractivity contribution in [1.82, 2.24) is 19.7 Å². The number of halogens is 1. The van der Waals surface area contributed by atoms with E-state index in [0.717, 1.165) is 11.1 Å². The Kier molecular flexibility index (Phi) is 5.28. The zero-order valence-electron chi connectivity index (χ0n) is 17.0. The Labute approximate surface area is 186 Å². The summed E-state index contributed by atoms with van der Waals surface area (Å²) in [6.07, 6.45) is 0. The van der Waals surface area contributed by atoms with Gasteiger partial charge in [-0.2, -0.15) is 4.98 Å². The number of aryl methyl sites for hydroxylation is 1. The molecule has 158 valence electrons. The van der Waals surface area contributed by atoms with Gasteiger partial charge in [-0.1, -0.05) is 64.9 Å². The van der Waals surface area contributed by atoms with Crippen LogP contribution in [0.1, 0.15) is 11.5 Å². The number of rotatable bonds is 5. The molecule has 0 fully saturated rings. The molecular formula is C24H17FN4O2S. The van der Waals surface area contributed by atoms with Gasteiger partial charge in [0.15, 0.2) is 5.16 Å². The third-order valence-corrected chi connectivity index (χ3v) is 5.83. The average Bonchev–Trinajstić information content (AvgIpc) is 3.28. The highest BCUT2D eigenvalue weighted by molar-refractivity contribution is 7.98. The molecule has 0 atom stereocenters. The van der Waals surface area contributed by atoms with E-state index >= 15 is 0 Å². The topological polar surface area (TPSA) is 73.8 Å². The van der Waals surface area contributed by atoms with Crippen molar-refractivity contribution >= 4 is 22.7 Å². The average molecular weight is 444 g/mol. The molecule has 0 aliphatic heterocycles. The lowest BCUT2D eigenvalue weighted by molar-refractivity contribution is 0.391. The zero-order valence-corrected chi connectivity index (χ0v) is 17.8. The Morgan fingerprint density at radius 3 is 2.66 bits per heavy atom. The summed E-state index contributed by atoms with van der Waals surface area (Å²) in [5.74, 6) is 0.641. The van der Waals surface area contributed by atoms with E-state index in [1.807, 2.05) is 37.3 Å². The molecule has 2 aromatic heterocycles. The van der Waals surface area contributed by atoms with Gasteiger partial charge in [-0.05, 0) is 37.3 Å². The third kappa shape index (κ3) is 3.80. The van der Waals surface area contributed by atoms with Crippen LogP contribution >= 0.6 is 11.8 Å². The first-order valence-corrected chi connectivity index (χ1v) is 10.9. The lowest BCUT2D eigenvalue weighted by Gasteiger charge is -2.13. The highest BCUT2D eigenvalue weighted by Gasteiger charge is 2.17. The van der Waals surface area contributed by atoms with E-state index in [2.05, 4.69) is 15.1 Å². The summed E-state index contributed by atoms with van der Waals surface area (Å²) < 4.78 is 21.3. The number of thioether (sulfide) groups is 1. The molecule has 0 saturated heterocycles. The van der Waals surface area contributed by atoms with Crippen LogP contribution in [0.4, 0.5) is 4.39 Å². The maximum Gasteiger partial charge on any atom is 0.266 e. The Hall–Kier alpha value is -3.78. The van der Waals surface area contributed by atoms with Crippen molar-refractivity contribution in [2.24, 2.45) is 0 Å². The van der Waals surface area contributed by atoms with Crippen LogP contribution in [0.15, 0.2) is 87.3 Å². The number of para-hydroxylation sites is 2. The molecule has 0 aliphatic rings. The minimum absolute atomic E-state index is 0.143. The fourth-order valence-electron chi connectivity index (χ4n) is 3.40. The molecule has 5 rings (SSSR count). The molecule has 3 aromatic carbocycles. The van der Waals surface area contributed by atoms with E-state index in [1.54, 1.807) is 36.4 Å². The molecule has 5 aromatic rings. The van der Waals surface area contributed by atoms with Crippen LogP contribution in [-0.2, 0) is 5.75 Å². The maximum atomic E-state index is 14.6. The Morgan fingerprint density at radius 2 is 1.81 bits per heavy atom. The van der Waals surface area contributed by atoms with Gasteiger partial charge < -0.3 is 4.52 Å². The number of fused-ring (bicyclic) bond motifs is 1. The van der Waals surface area contributed by atoms with E-state index in [0.29, 0.717) is 27.8 Å². The van der Waals surface area contributed by atoms with E-state index in [9.17, 15) is 9.18 Å². The van der Waals surface area contributed by atoms with Crippen LogP contribution in [0.5, 0.6) is 0 Å². The smallest absolute Gasteiger partial charge is 0.266 e. The number of hydrogen-bond donors (Lipinski definition) is 0. The van der Waals surface area contributed by atoms with E-state index in [4.69, 9.17) is 4.52 Å². The van der Waals surface area contributed by atoms with Crippen molar-refractivity contribution in [1.29, 1.82) is 0 Å². The Bertz CT molecular complexity index is 1500. The predicted octanol–water partition coefficient (Wildman–Crippen LogP) is 5.18. The molecule has 2 heterocycles. The number of hydrogen-bond acceptors (Lipinski definition) is 6. The van der Waals surface area contributed by atoms with Gasteiger partial charge in [0, 0.05) is 5.56 Å². The highest BCUT2D eigenvalue weighted by Crippen LogP contribution is 2.26. The second-order valence-electron chi connectivity index (χ2n) is 7.17. The molecule has 0 unspecified atom stereocenters. The lowest BCUT2D eigenvalue weighted by Crippen LogP contribution is -2.22. The molecule has 0 radical (unpaired) electrons. The molecule has 8 heteroatoms. The van der Waals surface area contributed by atoms with Crippen LogP contribution in [0.25, 0.3) is 28.0 Å². The summed E-state index contributed by atoms with van der Waals surface area (Å²) in [5, 5.41) is 4.81. The third-order valence-electron chi connectivity index (χ3n) is 4.91. The first kappa shape index (κ1) is 20.1. The maximum absolute atomic E-state index is 14.6. The zero-order chi connectivity index (χ0) is 22.1. The summed E-state index contributed by atoms with van der Waals surface area (Å²) in [5.41, 5.74) is 2.30. The number of benzene rings is 3. The van der Waals surface area contributed by atoms with Gasteiger partial charge in [-0.25, -0.2) is 9.37 Å². The van der Waals surface area contributed by atoms with Gasteiger partial charge in [0.05, 0.1) is 22.3 Å². The van der Waals surface area contributed by atoms with Crippen molar-refractivity contribution in [2.75, 3.05) is 0 Å². The summed E-state index contributed by atoms with van der Waals surface area (Å²) in [6.45, 7) is 1.99. The number of aromatic nitrogens is 4. The monoisotopic (exact) mass is 444 g/mol. The normalized spacial score (nSPS) is 11.2. The van der Waals surface area contributed by atoms with Crippen molar-refractivity contribution in [3.63, 3.8) is 0 Å². The molecule has 0 saturated carbocycles. The fraction of sp³-hybridized carbons (Fsp3) is 0.0833. The van der Waals surface area contributed by atoms with Crippen molar-refractivity contribution in [3.8, 4) is 17.1 Å². The van der Waals surface area contributed by atoms with Crippen LogP contribution < -0.4 is 5.56 Å². The van der Waals surface area contributed by atoms with Gasteiger partial charge in [-0.15, -0.1) is 0 Å². The Morgan fingerprint density at radius 1 is 1.00 bits per heavy atom. The number of nitrogens with zero attached hydrogens (tertiary/aromatic N) is 4. The Balaban J connectivity index is 1.53. The molecule has 0 spiro atoms. The molecule has 0 N–H and O–H groups in total. The second-order valence-corrected chi connectivity index (χ2v) is 8.12. The van der Waals surface area contributed by atoms with Gasteiger partial charge in [-0.3, -0.25) is 9.36 Å². The molecular weight excluding hydrogens is 427 g/mol. The molecule has 0 amide bonds. The quantitative estimate of drug-likeness (QED) is 0.275. The van der Waals surface area contributed by atoms with Gasteiger partial charge >= 0.3 is 0 Å². The lowest BCUT2D eigenvalue weighted by atomic mass is 10.1. The summed E-state index contributed by atoms with van der Waals surface area (Å²) in [7, 11) is 0. The standard InChI is InChI=1S/C24H17FN4O2S/c1-15-7-6-8-16(13-15)22-27-21(31-28-22)14-32-24-26-19-11-4-2-9-17(19)23(30)29(24)20-12-5-3-10-18(20)25/h2-13H,14H2,1H3. The van der Waals surface area contributed by atoms with Crippen LogP contribution in [0.2, 0.25) is 0 Å². The van der Waals surface area contributed by atoms with Crippen molar-refractivity contribution < 1.29 is 8.91 Å². The first-order chi connectivity index (χ1) is 15.6. The summed E-state index contributed by atoms with van der Waals surface area (Å²) in [4.78, 5) is 22.3. The molecule has 0 bridgehead atoms. The minimum atomic E-state index is -0.506. The van der Waals surface area contributed by atoms with Crippen molar-refractivity contribution in [3.05, 3.63) is 100 Å². The van der Waals surface area contributed by atoms with E-state index < -0.39 is 5.82 Å². The van der Waals surface area contributed by atoms with Gasteiger partial charge in [0.2, 0.25) is 11.7 Å². The van der Waals surface area contributed by atoms with Crippen LogP contribution in [-0.4, -0.2) is 19.7 Å². The predicted molar refractivity (Wildman–Crippen MR) is 121 cm³/mol. The van der Waals surface area contributed by atoms with Crippen LogP contribution in [0.3, 0.4) is 0 Å². The van der Waals surface area contributed by atoms with Gasteiger partial charge in [0.1, 0.15) is 5.82 Å². The van der Waals surface area contributed by atoms with E-state index in [1.165, 1.54) is 22.4 Å². The van der Waals surface area contributed by atoms with Crippen molar-refractivity contribution in [2.45, 2.75) is 17.8 Å². The highest BCUT2D eigenvalue weighted by atomic mass is 32.2. The van der Waals surface area contributed by atoms with Crippen LogP contribution in [0, 0.1) is 12.7 Å². The SMILES string of the molecule is Cc1cccc(-c2noc(CSc3nc4ccccc4c(=O)n3-c3ccccc3F)n2)c1. The summed E-state index contributed by atoms with van der Waals surface area (Å²) >= 11 is 1.23. The van der Waals surface area contributed by atoms with E-state index in [-0.39, 0.29) is 17.0 Å². The molecule has 6 nitrogen and oxygen atoms in total. The molecule has 0 aliphatic carbocycles. The minimum Gasteiger partial charge on any atom is -0.338 e. The first-order valence-electron chi connectivity index (χ1n) is 9.89. The largest absolute Gasteiger partial charge is 0.338 e. The second kappa shape index (κ2) is 8.39. The van der Waals surface area contributed by atoms with Gasteiger partial charge in [0.25, 0.3) is 5.56 Å². The molecule has 32 heavy (non-hydrogen) atoms.